The molecule has 0 saturated carbocycles. The summed E-state index contributed by atoms with van der Waals surface area (Å²) in [5, 5.41) is 0. The maximum atomic E-state index is 13.2. The van der Waals surface area contributed by atoms with Gasteiger partial charge in [0, 0.05) is 32.2 Å². The zero-order chi connectivity index (χ0) is 43.0. The third-order valence-corrected chi connectivity index (χ3v) is 9.53. The molecule has 15 nitrogen and oxygen atoms in total. The Kier molecular flexibility index (Phi) is 21.0. The van der Waals surface area contributed by atoms with Gasteiger partial charge in [0.1, 0.15) is 23.0 Å². The van der Waals surface area contributed by atoms with E-state index in [2.05, 4.69) is 4.90 Å². The van der Waals surface area contributed by atoms with Crippen LogP contribution in [0.25, 0.3) is 0 Å². The summed E-state index contributed by atoms with van der Waals surface area (Å²) >= 11 is 0. The summed E-state index contributed by atoms with van der Waals surface area (Å²) in [6.07, 6.45) is -0.0352. The highest BCUT2D eigenvalue weighted by Crippen LogP contribution is 2.21. The number of benzene rings is 4. The van der Waals surface area contributed by atoms with Gasteiger partial charge in [-0.25, -0.2) is 9.69 Å². The fraction of sp³-hybridized carbons (Fsp3) is 0.422. The minimum absolute atomic E-state index is 0.0563. The number of amides is 1. The third kappa shape index (κ3) is 16.7. The molecule has 0 radical (unpaired) electrons. The minimum Gasteiger partial charge on any atom is -0.497 e. The maximum absolute atomic E-state index is 13.2. The highest BCUT2D eigenvalue weighted by molar-refractivity contribution is 5.67. The van der Waals surface area contributed by atoms with Crippen molar-refractivity contribution in [1.29, 1.82) is 0 Å². The molecule has 326 valence electrons. The van der Waals surface area contributed by atoms with E-state index in [-0.39, 0.29) is 26.4 Å². The van der Waals surface area contributed by atoms with Gasteiger partial charge in [0.05, 0.1) is 41.7 Å². The van der Waals surface area contributed by atoms with E-state index in [0.29, 0.717) is 58.7 Å². The van der Waals surface area contributed by atoms with E-state index in [1.165, 1.54) is 0 Å². The van der Waals surface area contributed by atoms with Gasteiger partial charge < -0.3 is 52.3 Å². The number of carbonyl (C=O) groups is 2. The molecule has 0 aliphatic carbocycles. The Balaban J connectivity index is 1.27. The molecule has 0 saturated heterocycles. The van der Waals surface area contributed by atoms with Gasteiger partial charge in [0.25, 0.3) is 6.47 Å². The van der Waals surface area contributed by atoms with Crippen molar-refractivity contribution in [2.24, 2.45) is 0 Å². The van der Waals surface area contributed by atoms with E-state index in [0.717, 1.165) is 45.3 Å². The number of hydrogen-bond acceptors (Lipinski definition) is 14. The number of methoxy groups -OCH3 is 4. The molecular weight excluding hydrogens is 775 g/mol. The maximum Gasteiger partial charge on any atom is 0.412 e. The average Bonchev–Trinajstić information content (AvgIpc) is 3.27. The quantitative estimate of drug-likeness (QED) is 0.0327. The minimum atomic E-state index is -0.840. The van der Waals surface area contributed by atoms with Gasteiger partial charge in [-0.05, 0) is 97.7 Å². The molecule has 0 N–H and O–H groups in total. The van der Waals surface area contributed by atoms with Crippen LogP contribution in [-0.2, 0) is 59.4 Å². The predicted molar refractivity (Wildman–Crippen MR) is 223 cm³/mol. The van der Waals surface area contributed by atoms with Crippen LogP contribution in [0.3, 0.4) is 0 Å². The summed E-state index contributed by atoms with van der Waals surface area (Å²) < 4.78 is 55.2. The van der Waals surface area contributed by atoms with Gasteiger partial charge in [-0.1, -0.05) is 48.5 Å². The molecule has 0 aliphatic rings. The molecule has 60 heavy (non-hydrogen) atoms. The van der Waals surface area contributed by atoms with E-state index in [9.17, 15) is 9.59 Å². The fourth-order valence-electron chi connectivity index (χ4n) is 6.13. The summed E-state index contributed by atoms with van der Waals surface area (Å²) in [6.45, 7) is 2.07. The molecular formula is C45H59N3O12. The first kappa shape index (κ1) is 47.3. The van der Waals surface area contributed by atoms with E-state index in [1.54, 1.807) is 33.3 Å². The summed E-state index contributed by atoms with van der Waals surface area (Å²) in [6, 6.07) is 30.7. The van der Waals surface area contributed by atoms with Crippen LogP contribution in [0.15, 0.2) is 97.1 Å². The molecule has 0 heterocycles. The Morgan fingerprint density at radius 3 is 1.40 bits per heavy atom. The average molecular weight is 834 g/mol. The van der Waals surface area contributed by atoms with Crippen LogP contribution < -0.4 is 18.9 Å². The van der Waals surface area contributed by atoms with Crippen molar-refractivity contribution in [3.8, 4) is 23.0 Å². The second-order valence-electron chi connectivity index (χ2n) is 13.8. The lowest BCUT2D eigenvalue weighted by Gasteiger charge is -2.32. The Hall–Kier alpha value is -5.42. The highest BCUT2D eigenvalue weighted by Gasteiger charge is 2.23. The second kappa shape index (κ2) is 26.6. The Labute approximate surface area is 353 Å². The van der Waals surface area contributed by atoms with Gasteiger partial charge in [0.15, 0.2) is 20.4 Å². The van der Waals surface area contributed by atoms with Crippen molar-refractivity contribution < 1.29 is 57.0 Å². The second-order valence-corrected chi connectivity index (χ2v) is 13.8. The summed E-state index contributed by atoms with van der Waals surface area (Å²) in [5.74, 6) is 2.96. The number of ether oxygens (including phenoxy) is 10. The van der Waals surface area contributed by atoms with Crippen LogP contribution in [0.5, 0.6) is 23.0 Å². The SMILES string of the molecule is COc1ccc(CN(Cc2ccc(OC)cc2)C(=O)OCOCOCCC(CCOC(OCOC=O)N(Cc2ccc(OC)cc2)Cc2ccc(OC)cc2)N(C)C)cc1. The van der Waals surface area contributed by atoms with Gasteiger partial charge in [-0.15, -0.1) is 0 Å². The lowest BCUT2D eigenvalue weighted by molar-refractivity contribution is -0.259. The molecule has 0 aromatic heterocycles. The molecule has 15 heteroatoms. The zero-order valence-corrected chi connectivity index (χ0v) is 35.5. The smallest absolute Gasteiger partial charge is 0.412 e. The first-order chi connectivity index (χ1) is 29.2. The van der Waals surface area contributed by atoms with Gasteiger partial charge in [0.2, 0.25) is 6.41 Å². The summed E-state index contributed by atoms with van der Waals surface area (Å²) in [5.41, 5.74) is 3.86. The monoisotopic (exact) mass is 833 g/mol. The van der Waals surface area contributed by atoms with E-state index < -0.39 is 12.5 Å². The van der Waals surface area contributed by atoms with Gasteiger partial charge in [-0.2, -0.15) is 0 Å². The van der Waals surface area contributed by atoms with Crippen molar-refractivity contribution in [2.45, 2.75) is 51.5 Å². The largest absolute Gasteiger partial charge is 0.497 e. The van der Waals surface area contributed by atoms with Crippen LogP contribution in [0, 0.1) is 0 Å². The van der Waals surface area contributed by atoms with Crippen LogP contribution in [0.1, 0.15) is 35.1 Å². The van der Waals surface area contributed by atoms with E-state index >= 15 is 0 Å². The number of nitrogens with zero attached hydrogens (tertiary/aromatic N) is 3. The highest BCUT2D eigenvalue weighted by atomic mass is 16.8. The first-order valence-corrected chi connectivity index (χ1v) is 19.5. The molecule has 0 bridgehead atoms. The third-order valence-electron chi connectivity index (χ3n) is 9.53. The molecule has 4 aromatic rings. The van der Waals surface area contributed by atoms with Crippen LogP contribution in [0.4, 0.5) is 4.79 Å². The van der Waals surface area contributed by atoms with Crippen molar-refractivity contribution in [1.82, 2.24) is 14.7 Å². The molecule has 1 amide bonds. The van der Waals surface area contributed by atoms with Gasteiger partial charge in [-0.3, -0.25) is 9.69 Å². The number of rotatable bonds is 29. The fourth-order valence-corrected chi connectivity index (χ4v) is 6.13. The Morgan fingerprint density at radius 2 is 0.983 bits per heavy atom. The van der Waals surface area contributed by atoms with Crippen molar-refractivity contribution in [2.75, 3.05) is 76.1 Å². The normalized spacial score (nSPS) is 12.1. The molecule has 4 aromatic carbocycles. The summed E-state index contributed by atoms with van der Waals surface area (Å²) in [4.78, 5) is 29.9. The number of carbonyl (C=O) groups excluding carboxylic acids is 2. The van der Waals surface area contributed by atoms with Crippen LogP contribution >= 0.6 is 0 Å². The van der Waals surface area contributed by atoms with Crippen molar-refractivity contribution in [3.63, 3.8) is 0 Å². The van der Waals surface area contributed by atoms with Crippen LogP contribution in [0.2, 0.25) is 0 Å². The van der Waals surface area contributed by atoms with E-state index in [4.69, 9.17) is 47.4 Å². The summed E-state index contributed by atoms with van der Waals surface area (Å²) in [7, 11) is 10.5. The number of hydrogen-bond donors (Lipinski definition) is 0. The van der Waals surface area contributed by atoms with Crippen molar-refractivity contribution in [3.05, 3.63) is 119 Å². The Morgan fingerprint density at radius 1 is 0.550 bits per heavy atom. The first-order valence-electron chi connectivity index (χ1n) is 19.5. The Bertz CT molecular complexity index is 1680. The molecule has 4 rings (SSSR count). The predicted octanol–water partition coefficient (Wildman–Crippen LogP) is 6.67. The lowest BCUT2D eigenvalue weighted by Crippen LogP contribution is -2.40. The molecule has 0 aliphatic heterocycles. The topological polar surface area (TPSA) is 136 Å². The van der Waals surface area contributed by atoms with E-state index in [1.807, 2.05) is 116 Å². The van der Waals surface area contributed by atoms with Crippen molar-refractivity contribution >= 4 is 12.6 Å². The lowest BCUT2D eigenvalue weighted by atomic mass is 10.1. The van der Waals surface area contributed by atoms with Gasteiger partial charge >= 0.3 is 6.09 Å². The zero-order valence-electron chi connectivity index (χ0n) is 35.5. The molecule has 2 atom stereocenters. The molecule has 0 fully saturated rings. The molecule has 0 spiro atoms. The molecule has 2 unspecified atom stereocenters. The standard InChI is InChI=1S/C45H59N3O12/c1-46(2)39(23-25-55-32-57-34-59-44(50)47(27-35-7-15-40(51-3)16-8-35)28-36-9-17-41(52-4)18-10-36)24-26-58-45(60-33-56-31-49)48(29-37-11-19-42(53-5)20-12-37)30-38-13-21-43(54-6)22-14-38/h7-22,31,39,45H,23-30,32-34H2,1-6H3. The van der Waals surface area contributed by atoms with Crippen LogP contribution in [-0.4, -0.2) is 116 Å².